The van der Waals surface area contributed by atoms with E-state index in [1.54, 1.807) is 18.3 Å². The largest absolute Gasteiger partial charge is 0.391 e. The molecule has 6 nitrogen and oxygen atoms in total. The van der Waals surface area contributed by atoms with Crippen molar-refractivity contribution in [2.45, 2.75) is 51.2 Å². The van der Waals surface area contributed by atoms with Gasteiger partial charge in [0.25, 0.3) is 5.91 Å². The lowest BCUT2D eigenvalue weighted by Gasteiger charge is -2.29. The highest BCUT2D eigenvalue weighted by molar-refractivity contribution is 5.94. The van der Waals surface area contributed by atoms with Crippen LogP contribution >= 0.6 is 0 Å². The van der Waals surface area contributed by atoms with E-state index in [-0.39, 0.29) is 23.8 Å². The fourth-order valence-electron chi connectivity index (χ4n) is 2.83. The van der Waals surface area contributed by atoms with E-state index in [9.17, 15) is 14.7 Å². The molecule has 0 aliphatic heterocycles. The zero-order valence-electron chi connectivity index (χ0n) is 13.5. The van der Waals surface area contributed by atoms with Gasteiger partial charge in [-0.1, -0.05) is 13.3 Å². The summed E-state index contributed by atoms with van der Waals surface area (Å²) in [6.45, 7) is 2.17. The molecule has 3 N–H and O–H groups in total. The number of aromatic nitrogens is 1. The molecule has 2 rings (SSSR count). The molecule has 2 amide bonds. The maximum Gasteiger partial charge on any atom is 0.253 e. The minimum Gasteiger partial charge on any atom is -0.391 e. The molecule has 1 heterocycles. The summed E-state index contributed by atoms with van der Waals surface area (Å²) < 4.78 is 0. The van der Waals surface area contributed by atoms with E-state index in [0.717, 1.165) is 19.3 Å². The van der Waals surface area contributed by atoms with Gasteiger partial charge >= 0.3 is 0 Å². The molecule has 23 heavy (non-hydrogen) atoms. The highest BCUT2D eigenvalue weighted by Crippen LogP contribution is 2.24. The van der Waals surface area contributed by atoms with Crippen LogP contribution in [0.4, 0.5) is 0 Å². The quantitative estimate of drug-likeness (QED) is 0.736. The van der Waals surface area contributed by atoms with E-state index < -0.39 is 6.10 Å². The van der Waals surface area contributed by atoms with Crippen molar-refractivity contribution in [3.63, 3.8) is 0 Å². The summed E-state index contributed by atoms with van der Waals surface area (Å²) in [5.74, 6) is -0.282. The van der Waals surface area contributed by atoms with Gasteiger partial charge in [-0.05, 0) is 37.8 Å². The van der Waals surface area contributed by atoms with Crippen LogP contribution in [0.5, 0.6) is 0 Å². The Morgan fingerprint density at radius 3 is 2.96 bits per heavy atom. The maximum atomic E-state index is 12.2. The first-order chi connectivity index (χ1) is 11.1. The van der Waals surface area contributed by atoms with Crippen molar-refractivity contribution in [2.24, 2.45) is 5.92 Å². The zero-order valence-corrected chi connectivity index (χ0v) is 13.5. The first-order valence-electron chi connectivity index (χ1n) is 8.26. The van der Waals surface area contributed by atoms with Gasteiger partial charge in [0.2, 0.25) is 5.91 Å². The van der Waals surface area contributed by atoms with Crippen LogP contribution in [0.25, 0.3) is 0 Å². The molecule has 3 atom stereocenters. The van der Waals surface area contributed by atoms with Gasteiger partial charge in [0.15, 0.2) is 0 Å². The van der Waals surface area contributed by atoms with Gasteiger partial charge in [0.05, 0.1) is 11.7 Å². The van der Waals surface area contributed by atoms with Gasteiger partial charge in [0.1, 0.15) is 0 Å². The molecule has 1 saturated carbocycles. The number of aliphatic hydroxyl groups is 1. The van der Waals surface area contributed by atoms with Crippen molar-refractivity contribution in [3.8, 4) is 0 Å². The van der Waals surface area contributed by atoms with Crippen LogP contribution in [0.1, 0.15) is 49.4 Å². The lowest BCUT2D eigenvalue weighted by molar-refractivity contribution is -0.126. The molecular weight excluding hydrogens is 294 g/mol. The van der Waals surface area contributed by atoms with Crippen molar-refractivity contribution in [1.82, 2.24) is 15.6 Å². The molecule has 0 radical (unpaired) electrons. The predicted octanol–water partition coefficient (Wildman–Crippen LogP) is 1.26. The first-order valence-corrected chi connectivity index (χ1v) is 8.26. The number of aliphatic hydroxyl groups excluding tert-OH is 1. The SMILES string of the molecule is CC[C@H](O)CNC(=O)C1CCCC(NC(=O)c2cccnc2)C1. The summed E-state index contributed by atoms with van der Waals surface area (Å²) in [7, 11) is 0. The van der Waals surface area contributed by atoms with E-state index >= 15 is 0 Å². The van der Waals surface area contributed by atoms with E-state index in [4.69, 9.17) is 0 Å². The average molecular weight is 319 g/mol. The minimum absolute atomic E-state index is 0.00306. The number of nitrogens with zero attached hydrogens (tertiary/aromatic N) is 1. The molecule has 1 aromatic heterocycles. The Morgan fingerprint density at radius 1 is 1.43 bits per heavy atom. The third kappa shape index (κ3) is 5.32. The van der Waals surface area contributed by atoms with Crippen LogP contribution < -0.4 is 10.6 Å². The number of rotatable bonds is 6. The van der Waals surface area contributed by atoms with Crippen molar-refractivity contribution >= 4 is 11.8 Å². The molecule has 1 aliphatic carbocycles. The highest BCUT2D eigenvalue weighted by atomic mass is 16.3. The van der Waals surface area contributed by atoms with Crippen LogP contribution in [-0.2, 0) is 4.79 Å². The third-order valence-corrected chi connectivity index (χ3v) is 4.29. The van der Waals surface area contributed by atoms with Gasteiger partial charge in [-0.15, -0.1) is 0 Å². The van der Waals surface area contributed by atoms with E-state index in [0.29, 0.717) is 24.9 Å². The van der Waals surface area contributed by atoms with Crippen molar-refractivity contribution < 1.29 is 14.7 Å². The number of carbonyl (C=O) groups is 2. The molecule has 0 spiro atoms. The van der Waals surface area contributed by atoms with Crippen LogP contribution in [0.2, 0.25) is 0 Å². The van der Waals surface area contributed by atoms with Crippen LogP contribution in [0.15, 0.2) is 24.5 Å². The van der Waals surface area contributed by atoms with E-state index in [2.05, 4.69) is 15.6 Å². The standard InChI is InChI=1S/C17H25N3O3/c1-2-15(21)11-19-16(22)12-5-3-7-14(9-12)20-17(23)13-6-4-8-18-10-13/h4,6,8,10,12,14-15,21H,2-3,5,7,9,11H2,1H3,(H,19,22)(H,20,23)/t12?,14?,15-/m0/s1. The Balaban J connectivity index is 1.83. The molecule has 0 saturated heterocycles. The molecule has 1 aliphatic rings. The molecule has 126 valence electrons. The summed E-state index contributed by atoms with van der Waals surface area (Å²) in [6.07, 6.45) is 6.54. The van der Waals surface area contributed by atoms with Gasteiger partial charge in [0, 0.05) is 30.9 Å². The summed E-state index contributed by atoms with van der Waals surface area (Å²) in [5.41, 5.74) is 0.533. The topological polar surface area (TPSA) is 91.3 Å². The maximum absolute atomic E-state index is 12.2. The second-order valence-corrected chi connectivity index (χ2v) is 6.08. The molecule has 0 bridgehead atoms. The van der Waals surface area contributed by atoms with Crippen molar-refractivity contribution in [2.75, 3.05) is 6.54 Å². The van der Waals surface area contributed by atoms with Gasteiger partial charge in [-0.3, -0.25) is 14.6 Å². The minimum atomic E-state index is -0.497. The number of amides is 2. The monoisotopic (exact) mass is 319 g/mol. The first kappa shape index (κ1) is 17.4. The Morgan fingerprint density at radius 2 is 2.26 bits per heavy atom. The Kier molecular flexibility index (Phi) is 6.52. The van der Waals surface area contributed by atoms with Crippen LogP contribution in [-0.4, -0.2) is 40.6 Å². The molecule has 1 aromatic rings. The van der Waals surface area contributed by atoms with E-state index in [1.807, 2.05) is 6.92 Å². The lowest BCUT2D eigenvalue weighted by atomic mass is 9.85. The summed E-state index contributed by atoms with van der Waals surface area (Å²) in [4.78, 5) is 28.3. The van der Waals surface area contributed by atoms with Crippen molar-refractivity contribution in [3.05, 3.63) is 30.1 Å². The van der Waals surface area contributed by atoms with E-state index in [1.165, 1.54) is 6.20 Å². The van der Waals surface area contributed by atoms with Crippen LogP contribution in [0, 0.1) is 5.92 Å². The fourth-order valence-corrected chi connectivity index (χ4v) is 2.83. The molecule has 0 aromatic carbocycles. The third-order valence-electron chi connectivity index (χ3n) is 4.29. The second-order valence-electron chi connectivity index (χ2n) is 6.08. The predicted molar refractivity (Wildman–Crippen MR) is 86.8 cm³/mol. The van der Waals surface area contributed by atoms with Gasteiger partial charge < -0.3 is 15.7 Å². The number of carbonyl (C=O) groups excluding carboxylic acids is 2. The van der Waals surface area contributed by atoms with Gasteiger partial charge in [-0.25, -0.2) is 0 Å². The lowest BCUT2D eigenvalue weighted by Crippen LogP contribution is -2.43. The fraction of sp³-hybridized carbons (Fsp3) is 0.588. The molecular formula is C17H25N3O3. The summed E-state index contributed by atoms with van der Waals surface area (Å²) in [6, 6.07) is 3.45. The Labute approximate surface area is 136 Å². The molecule has 6 heteroatoms. The average Bonchev–Trinajstić information content (AvgIpc) is 2.60. The summed E-state index contributed by atoms with van der Waals surface area (Å²) >= 11 is 0. The summed E-state index contributed by atoms with van der Waals surface area (Å²) in [5, 5.41) is 15.3. The Hall–Kier alpha value is -1.95. The number of hydrogen-bond donors (Lipinski definition) is 3. The second kappa shape index (κ2) is 8.62. The number of pyridine rings is 1. The van der Waals surface area contributed by atoms with Gasteiger partial charge in [-0.2, -0.15) is 0 Å². The number of nitrogens with one attached hydrogen (secondary N) is 2. The molecule has 1 fully saturated rings. The number of hydrogen-bond acceptors (Lipinski definition) is 4. The normalized spacial score (nSPS) is 22.2. The van der Waals surface area contributed by atoms with Crippen molar-refractivity contribution in [1.29, 1.82) is 0 Å². The highest BCUT2D eigenvalue weighted by Gasteiger charge is 2.28. The Bertz CT molecular complexity index is 521. The van der Waals surface area contributed by atoms with Crippen LogP contribution in [0.3, 0.4) is 0 Å². The molecule has 2 unspecified atom stereocenters. The smallest absolute Gasteiger partial charge is 0.253 e. The zero-order chi connectivity index (χ0) is 16.7.